The summed E-state index contributed by atoms with van der Waals surface area (Å²) in [7, 11) is 0. The van der Waals surface area contributed by atoms with Crippen LogP contribution in [-0.2, 0) is 11.2 Å². The van der Waals surface area contributed by atoms with Crippen LogP contribution in [0.1, 0.15) is 11.1 Å². The number of anilines is 1. The minimum atomic E-state index is -1.04. The highest BCUT2D eigenvalue weighted by atomic mass is 79.9. The van der Waals surface area contributed by atoms with Crippen molar-refractivity contribution in [3.05, 3.63) is 63.6 Å². The molecule has 0 spiro atoms. The van der Waals surface area contributed by atoms with Gasteiger partial charge in [0.15, 0.2) is 11.6 Å². The van der Waals surface area contributed by atoms with Crippen LogP contribution in [0.4, 0.5) is 14.5 Å². The second-order valence-corrected chi connectivity index (χ2v) is 5.16. The van der Waals surface area contributed by atoms with E-state index in [1.807, 2.05) is 6.07 Å². The topological polar surface area (TPSA) is 52.9 Å². The van der Waals surface area contributed by atoms with Gasteiger partial charge < -0.3 is 5.32 Å². The van der Waals surface area contributed by atoms with E-state index in [4.69, 9.17) is 5.26 Å². The lowest BCUT2D eigenvalue weighted by molar-refractivity contribution is -0.115. The largest absolute Gasteiger partial charge is 0.325 e. The molecular formula is C15H9BrF2N2O. The number of halogens is 3. The summed E-state index contributed by atoms with van der Waals surface area (Å²) in [6, 6.07) is 10.4. The first-order chi connectivity index (χ1) is 10.0. The molecule has 0 aliphatic rings. The Balaban J connectivity index is 2.16. The Hall–Kier alpha value is -2.26. The van der Waals surface area contributed by atoms with E-state index in [2.05, 4.69) is 21.2 Å². The van der Waals surface area contributed by atoms with E-state index in [1.165, 1.54) is 12.1 Å². The quantitative estimate of drug-likeness (QED) is 0.915. The standard InChI is InChI=1S/C15H9BrF2N2O/c16-11-4-5-13(10(6-11)8-19)20-14(21)7-9-2-1-3-12(17)15(9)18/h1-6H,7H2,(H,20,21). The first-order valence-corrected chi connectivity index (χ1v) is 6.73. The van der Waals surface area contributed by atoms with Crippen molar-refractivity contribution in [2.24, 2.45) is 0 Å². The molecule has 0 fully saturated rings. The monoisotopic (exact) mass is 350 g/mol. The van der Waals surface area contributed by atoms with Gasteiger partial charge in [-0.3, -0.25) is 4.79 Å². The molecule has 1 N–H and O–H groups in total. The minimum absolute atomic E-state index is 0.0388. The Morgan fingerprint density at radius 2 is 2.05 bits per heavy atom. The Morgan fingerprint density at radius 1 is 1.29 bits per heavy atom. The van der Waals surface area contributed by atoms with Gasteiger partial charge in [-0.05, 0) is 24.3 Å². The van der Waals surface area contributed by atoms with Crippen LogP contribution in [0.25, 0.3) is 0 Å². The van der Waals surface area contributed by atoms with Crippen LogP contribution in [-0.4, -0.2) is 5.91 Å². The summed E-state index contributed by atoms with van der Waals surface area (Å²) in [6.45, 7) is 0. The van der Waals surface area contributed by atoms with Crippen molar-refractivity contribution in [3.8, 4) is 6.07 Å². The summed E-state index contributed by atoms with van der Waals surface area (Å²) in [5.74, 6) is -2.57. The lowest BCUT2D eigenvalue weighted by atomic mass is 10.1. The van der Waals surface area contributed by atoms with Gasteiger partial charge in [-0.25, -0.2) is 8.78 Å². The predicted molar refractivity (Wildman–Crippen MR) is 77.5 cm³/mol. The zero-order valence-electron chi connectivity index (χ0n) is 10.7. The summed E-state index contributed by atoms with van der Waals surface area (Å²) in [6.07, 6.45) is -0.315. The maximum atomic E-state index is 13.5. The van der Waals surface area contributed by atoms with Gasteiger partial charge in [0.25, 0.3) is 0 Å². The van der Waals surface area contributed by atoms with Gasteiger partial charge >= 0.3 is 0 Å². The van der Waals surface area contributed by atoms with Crippen molar-refractivity contribution in [2.45, 2.75) is 6.42 Å². The Labute approximate surface area is 128 Å². The summed E-state index contributed by atoms with van der Waals surface area (Å²) in [5, 5.41) is 11.5. The number of carbonyl (C=O) groups excluding carboxylic acids is 1. The molecule has 0 unspecified atom stereocenters. The SMILES string of the molecule is N#Cc1cc(Br)ccc1NC(=O)Cc1cccc(F)c1F. The number of nitriles is 1. The number of carbonyl (C=O) groups is 1. The van der Waals surface area contributed by atoms with Crippen molar-refractivity contribution in [3.63, 3.8) is 0 Å². The molecule has 0 aromatic heterocycles. The van der Waals surface area contributed by atoms with Gasteiger partial charge in [-0.15, -0.1) is 0 Å². The van der Waals surface area contributed by atoms with Crippen LogP contribution in [0.2, 0.25) is 0 Å². The van der Waals surface area contributed by atoms with Gasteiger partial charge in [-0.2, -0.15) is 5.26 Å². The molecule has 106 valence electrons. The van der Waals surface area contributed by atoms with Gasteiger partial charge in [0.2, 0.25) is 5.91 Å². The van der Waals surface area contributed by atoms with E-state index in [9.17, 15) is 13.6 Å². The van der Waals surface area contributed by atoms with Crippen molar-refractivity contribution in [1.29, 1.82) is 5.26 Å². The van der Waals surface area contributed by atoms with E-state index in [1.54, 1.807) is 18.2 Å². The second-order valence-electron chi connectivity index (χ2n) is 4.24. The average Bonchev–Trinajstić information content (AvgIpc) is 2.45. The third-order valence-electron chi connectivity index (χ3n) is 2.76. The van der Waals surface area contributed by atoms with Crippen LogP contribution in [0.15, 0.2) is 40.9 Å². The third kappa shape index (κ3) is 3.64. The molecule has 0 saturated carbocycles. The first kappa shape index (κ1) is 15.1. The average molecular weight is 351 g/mol. The number of hydrogen-bond acceptors (Lipinski definition) is 2. The van der Waals surface area contributed by atoms with Crippen LogP contribution < -0.4 is 5.32 Å². The smallest absolute Gasteiger partial charge is 0.228 e. The van der Waals surface area contributed by atoms with E-state index < -0.39 is 17.5 Å². The highest BCUT2D eigenvalue weighted by Gasteiger charge is 2.13. The van der Waals surface area contributed by atoms with E-state index in [0.29, 0.717) is 10.2 Å². The highest BCUT2D eigenvalue weighted by molar-refractivity contribution is 9.10. The highest BCUT2D eigenvalue weighted by Crippen LogP contribution is 2.21. The number of hydrogen-bond donors (Lipinski definition) is 1. The van der Waals surface area contributed by atoms with Crippen LogP contribution >= 0.6 is 15.9 Å². The van der Waals surface area contributed by atoms with Crippen molar-refractivity contribution >= 4 is 27.5 Å². The molecule has 0 aliphatic heterocycles. The lowest BCUT2D eigenvalue weighted by Crippen LogP contribution is -2.16. The minimum Gasteiger partial charge on any atom is -0.325 e. The van der Waals surface area contributed by atoms with Gasteiger partial charge in [0.05, 0.1) is 17.7 Å². The maximum absolute atomic E-state index is 13.5. The summed E-state index contributed by atoms with van der Waals surface area (Å²) in [5.41, 5.74) is 0.558. The zero-order valence-corrected chi connectivity index (χ0v) is 12.2. The fraction of sp³-hybridized carbons (Fsp3) is 0.0667. The molecule has 0 radical (unpaired) electrons. The molecule has 0 aliphatic carbocycles. The van der Waals surface area contributed by atoms with Gasteiger partial charge in [0, 0.05) is 10.0 Å². The molecule has 0 saturated heterocycles. The van der Waals surface area contributed by atoms with Crippen LogP contribution in [0, 0.1) is 23.0 Å². The number of nitrogens with one attached hydrogen (secondary N) is 1. The lowest BCUT2D eigenvalue weighted by Gasteiger charge is -2.08. The molecule has 2 aromatic rings. The van der Waals surface area contributed by atoms with Gasteiger partial charge in [0.1, 0.15) is 6.07 Å². The van der Waals surface area contributed by atoms with Crippen molar-refractivity contribution in [2.75, 3.05) is 5.32 Å². The molecule has 2 rings (SSSR count). The Bertz CT molecular complexity index is 741. The molecular weight excluding hydrogens is 342 g/mol. The van der Waals surface area contributed by atoms with E-state index in [0.717, 1.165) is 6.07 Å². The van der Waals surface area contributed by atoms with E-state index >= 15 is 0 Å². The molecule has 0 heterocycles. The second kappa shape index (κ2) is 6.46. The predicted octanol–water partition coefficient (Wildman–Crippen LogP) is 3.78. The molecule has 1 amide bonds. The molecule has 6 heteroatoms. The van der Waals surface area contributed by atoms with Gasteiger partial charge in [-0.1, -0.05) is 28.1 Å². The summed E-state index contributed by atoms with van der Waals surface area (Å²) in [4.78, 5) is 11.9. The Morgan fingerprint density at radius 3 is 2.76 bits per heavy atom. The van der Waals surface area contributed by atoms with Crippen molar-refractivity contribution in [1.82, 2.24) is 0 Å². The molecule has 2 aromatic carbocycles. The normalized spacial score (nSPS) is 10.0. The Kier molecular flexibility index (Phi) is 4.66. The van der Waals surface area contributed by atoms with Crippen LogP contribution in [0.3, 0.4) is 0 Å². The zero-order chi connectivity index (χ0) is 15.4. The fourth-order valence-electron chi connectivity index (χ4n) is 1.77. The van der Waals surface area contributed by atoms with E-state index in [-0.39, 0.29) is 17.5 Å². The third-order valence-corrected chi connectivity index (χ3v) is 3.25. The molecule has 3 nitrogen and oxygen atoms in total. The first-order valence-electron chi connectivity index (χ1n) is 5.93. The fourth-order valence-corrected chi connectivity index (χ4v) is 2.13. The molecule has 21 heavy (non-hydrogen) atoms. The molecule has 0 atom stereocenters. The number of benzene rings is 2. The number of nitrogens with zero attached hydrogens (tertiary/aromatic N) is 1. The van der Waals surface area contributed by atoms with Crippen LogP contribution in [0.5, 0.6) is 0 Å². The van der Waals surface area contributed by atoms with Crippen molar-refractivity contribution < 1.29 is 13.6 Å². The number of amides is 1. The number of rotatable bonds is 3. The summed E-state index contributed by atoms with van der Waals surface area (Å²) < 4.78 is 27.3. The molecule has 0 bridgehead atoms. The maximum Gasteiger partial charge on any atom is 0.228 e. The summed E-state index contributed by atoms with van der Waals surface area (Å²) >= 11 is 3.22.